The van der Waals surface area contributed by atoms with E-state index < -0.39 is 0 Å². The van der Waals surface area contributed by atoms with Gasteiger partial charge in [0.15, 0.2) is 5.82 Å². The Hall–Kier alpha value is -1.27. The molecule has 0 aromatic carbocycles. The van der Waals surface area contributed by atoms with Crippen molar-refractivity contribution < 1.29 is 4.74 Å². The summed E-state index contributed by atoms with van der Waals surface area (Å²) in [5, 5.41) is 10.9. The molecule has 16 heavy (non-hydrogen) atoms. The molecule has 3 N–H and O–H groups in total. The van der Waals surface area contributed by atoms with Gasteiger partial charge >= 0.3 is 0 Å². The lowest BCUT2D eigenvalue weighted by atomic mass is 10.2. The van der Waals surface area contributed by atoms with Gasteiger partial charge in [-0.2, -0.15) is 5.10 Å². The van der Waals surface area contributed by atoms with E-state index in [1.165, 1.54) is 0 Å². The Morgan fingerprint density at radius 2 is 2.38 bits per heavy atom. The minimum absolute atomic E-state index is 0.328. The van der Waals surface area contributed by atoms with E-state index in [-0.39, 0.29) is 0 Å². The second-order valence-electron chi connectivity index (χ2n) is 3.28. The van der Waals surface area contributed by atoms with Gasteiger partial charge in [0.2, 0.25) is 0 Å². The molecule has 1 heterocycles. The third-order valence-electron chi connectivity index (χ3n) is 2.05. The largest absolute Gasteiger partial charge is 0.389 e. The fraction of sp³-hybridized carbons (Fsp3) is 0.500. The molecule has 0 atom stereocenters. The van der Waals surface area contributed by atoms with Gasteiger partial charge in [0.05, 0.1) is 11.8 Å². The van der Waals surface area contributed by atoms with E-state index in [0.29, 0.717) is 10.8 Å². The van der Waals surface area contributed by atoms with E-state index in [2.05, 4.69) is 15.5 Å². The van der Waals surface area contributed by atoms with Crippen molar-refractivity contribution in [2.24, 2.45) is 5.73 Å². The number of hydrogen-bond acceptors (Lipinski definition) is 5. The molecule has 0 aliphatic heterocycles. The van der Waals surface area contributed by atoms with Crippen molar-refractivity contribution in [3.8, 4) is 0 Å². The smallest absolute Gasteiger partial charge is 0.158 e. The van der Waals surface area contributed by atoms with Crippen LogP contribution in [0.25, 0.3) is 0 Å². The van der Waals surface area contributed by atoms with Gasteiger partial charge in [0.25, 0.3) is 0 Å². The molecule has 0 aliphatic carbocycles. The number of anilines is 1. The number of aromatic nitrogens is 2. The molecule has 1 rings (SSSR count). The molecule has 0 bridgehead atoms. The maximum absolute atomic E-state index is 5.57. The monoisotopic (exact) mass is 240 g/mol. The van der Waals surface area contributed by atoms with Gasteiger partial charge in [-0.25, -0.2) is 0 Å². The first kappa shape index (κ1) is 12.8. The third-order valence-corrected chi connectivity index (χ3v) is 2.27. The van der Waals surface area contributed by atoms with E-state index in [4.69, 9.17) is 22.7 Å². The zero-order valence-electron chi connectivity index (χ0n) is 9.27. The minimum Gasteiger partial charge on any atom is -0.389 e. The Morgan fingerprint density at radius 3 is 3.06 bits per heavy atom. The number of methoxy groups -OCH3 is 1. The fourth-order valence-corrected chi connectivity index (χ4v) is 1.40. The molecule has 1 aromatic rings. The molecule has 6 heteroatoms. The van der Waals surface area contributed by atoms with Gasteiger partial charge < -0.3 is 15.8 Å². The number of ether oxygens (including phenoxy) is 1. The highest BCUT2D eigenvalue weighted by atomic mass is 32.1. The standard InChI is InChI=1S/C10H16N4OS/c1-15-7-3-2-5-12-10-8(9(11)16)4-6-13-14-10/h4,6H,2-3,5,7H2,1H3,(H2,11,16)(H,12,14). The lowest BCUT2D eigenvalue weighted by molar-refractivity contribution is 0.194. The Balaban J connectivity index is 2.44. The molecule has 0 spiro atoms. The summed E-state index contributed by atoms with van der Waals surface area (Å²) in [6.45, 7) is 1.57. The molecule has 5 nitrogen and oxygen atoms in total. The highest BCUT2D eigenvalue weighted by Crippen LogP contribution is 2.09. The summed E-state index contributed by atoms with van der Waals surface area (Å²) in [4.78, 5) is 0.328. The molecule has 0 saturated carbocycles. The molecular weight excluding hydrogens is 224 g/mol. The molecular formula is C10H16N4OS. The van der Waals surface area contributed by atoms with E-state index in [9.17, 15) is 0 Å². The topological polar surface area (TPSA) is 73.1 Å². The van der Waals surface area contributed by atoms with Crippen molar-refractivity contribution in [2.75, 3.05) is 25.6 Å². The number of hydrogen-bond donors (Lipinski definition) is 2. The number of nitrogens with two attached hydrogens (primary N) is 1. The van der Waals surface area contributed by atoms with Gasteiger partial charge in [0.1, 0.15) is 4.99 Å². The average Bonchev–Trinajstić information content (AvgIpc) is 2.29. The Morgan fingerprint density at radius 1 is 1.56 bits per heavy atom. The van der Waals surface area contributed by atoms with Crippen LogP contribution in [0.2, 0.25) is 0 Å². The molecule has 0 amide bonds. The summed E-state index contributed by atoms with van der Waals surface area (Å²) in [7, 11) is 1.70. The summed E-state index contributed by atoms with van der Waals surface area (Å²) in [5.41, 5.74) is 6.30. The van der Waals surface area contributed by atoms with Crippen molar-refractivity contribution in [3.05, 3.63) is 17.8 Å². The lowest BCUT2D eigenvalue weighted by Gasteiger charge is -2.08. The van der Waals surface area contributed by atoms with E-state index in [1.807, 2.05) is 0 Å². The lowest BCUT2D eigenvalue weighted by Crippen LogP contribution is -2.15. The second-order valence-corrected chi connectivity index (χ2v) is 3.72. The van der Waals surface area contributed by atoms with Crippen LogP contribution >= 0.6 is 12.2 Å². The predicted molar refractivity (Wildman–Crippen MR) is 67.5 cm³/mol. The minimum atomic E-state index is 0.328. The number of nitrogens with one attached hydrogen (secondary N) is 1. The average molecular weight is 240 g/mol. The Bertz CT molecular complexity index is 345. The maximum Gasteiger partial charge on any atom is 0.158 e. The first-order valence-corrected chi connectivity index (χ1v) is 5.51. The first-order valence-electron chi connectivity index (χ1n) is 5.10. The van der Waals surface area contributed by atoms with Crippen LogP contribution in [-0.4, -0.2) is 35.4 Å². The number of nitrogens with zero attached hydrogens (tertiary/aromatic N) is 2. The molecule has 0 unspecified atom stereocenters. The van der Waals surface area contributed by atoms with Crippen LogP contribution in [0.4, 0.5) is 5.82 Å². The summed E-state index contributed by atoms with van der Waals surface area (Å²) in [5.74, 6) is 0.646. The number of unbranched alkanes of at least 4 members (excludes halogenated alkanes) is 1. The van der Waals surface area contributed by atoms with Crippen molar-refractivity contribution >= 4 is 23.0 Å². The van der Waals surface area contributed by atoms with Crippen molar-refractivity contribution in [3.63, 3.8) is 0 Å². The third kappa shape index (κ3) is 4.08. The maximum atomic E-state index is 5.57. The van der Waals surface area contributed by atoms with Crippen LogP contribution in [0, 0.1) is 0 Å². The van der Waals surface area contributed by atoms with Crippen LogP contribution in [0.3, 0.4) is 0 Å². The molecule has 1 aromatic heterocycles. The van der Waals surface area contributed by atoms with Gasteiger partial charge in [-0.1, -0.05) is 12.2 Å². The van der Waals surface area contributed by atoms with Crippen molar-refractivity contribution in [2.45, 2.75) is 12.8 Å². The Kier molecular flexibility index (Phi) is 5.66. The second kappa shape index (κ2) is 7.08. The number of rotatable bonds is 7. The van der Waals surface area contributed by atoms with Gasteiger partial charge in [-0.3, -0.25) is 0 Å². The van der Waals surface area contributed by atoms with Gasteiger partial charge in [0, 0.05) is 20.3 Å². The van der Waals surface area contributed by atoms with E-state index >= 15 is 0 Å². The molecule has 0 fully saturated rings. The van der Waals surface area contributed by atoms with Gasteiger partial charge in [-0.05, 0) is 18.9 Å². The first-order chi connectivity index (χ1) is 7.75. The van der Waals surface area contributed by atoms with Crippen LogP contribution in [0.1, 0.15) is 18.4 Å². The van der Waals surface area contributed by atoms with Crippen LogP contribution in [0.15, 0.2) is 12.3 Å². The zero-order valence-corrected chi connectivity index (χ0v) is 10.1. The summed E-state index contributed by atoms with van der Waals surface area (Å²) in [6, 6.07) is 1.76. The number of thiocarbonyl (C=S) groups is 1. The summed E-state index contributed by atoms with van der Waals surface area (Å²) >= 11 is 4.92. The van der Waals surface area contributed by atoms with Crippen molar-refractivity contribution in [1.29, 1.82) is 0 Å². The summed E-state index contributed by atoms with van der Waals surface area (Å²) in [6.07, 6.45) is 3.58. The predicted octanol–water partition coefficient (Wildman–Crippen LogP) is 0.949. The van der Waals surface area contributed by atoms with Crippen LogP contribution in [0.5, 0.6) is 0 Å². The quantitative estimate of drug-likeness (QED) is 0.546. The van der Waals surface area contributed by atoms with E-state index in [1.54, 1.807) is 19.4 Å². The fourth-order valence-electron chi connectivity index (χ4n) is 1.24. The highest BCUT2D eigenvalue weighted by Gasteiger charge is 2.05. The summed E-state index contributed by atoms with van der Waals surface area (Å²) < 4.78 is 4.96. The van der Waals surface area contributed by atoms with Crippen LogP contribution < -0.4 is 11.1 Å². The SMILES string of the molecule is COCCCCNc1nnccc1C(N)=S. The van der Waals surface area contributed by atoms with Crippen molar-refractivity contribution in [1.82, 2.24) is 10.2 Å². The molecule has 0 aliphatic rings. The highest BCUT2D eigenvalue weighted by molar-refractivity contribution is 7.80. The van der Waals surface area contributed by atoms with E-state index in [0.717, 1.165) is 31.6 Å². The zero-order chi connectivity index (χ0) is 11.8. The van der Waals surface area contributed by atoms with Crippen LogP contribution in [-0.2, 0) is 4.74 Å². The normalized spacial score (nSPS) is 10.1. The molecule has 0 saturated heterocycles. The van der Waals surface area contributed by atoms with Gasteiger partial charge in [-0.15, -0.1) is 5.10 Å². The molecule has 88 valence electrons. The Labute approximate surface area is 100 Å². The molecule has 0 radical (unpaired) electrons.